The van der Waals surface area contributed by atoms with Crippen LogP contribution in [0.1, 0.15) is 0 Å². The number of aromatic nitrogens is 1. The minimum atomic E-state index is 1.01. The molecule has 0 N–H and O–H groups in total. The monoisotopic (exact) mass is 684 g/mol. The van der Waals surface area contributed by atoms with Crippen LogP contribution < -0.4 is 4.90 Å². The van der Waals surface area contributed by atoms with Crippen molar-refractivity contribution in [1.82, 2.24) is 4.98 Å². The Hall–Kier alpha value is -6.07. The van der Waals surface area contributed by atoms with Crippen molar-refractivity contribution in [3.8, 4) is 11.1 Å². The van der Waals surface area contributed by atoms with E-state index in [0.717, 1.165) is 28.0 Å². The SMILES string of the molecule is c1cnc2ccc(-c3ccc(N(c4ccc5c(ccc6c7ccccc7sc56)c4)c4ccc5c(ccc6c7ccccc7sc56)c4)cc3)cc2c1. The highest BCUT2D eigenvalue weighted by Gasteiger charge is 2.17. The van der Waals surface area contributed by atoms with Gasteiger partial charge < -0.3 is 4.90 Å². The molecular formula is C47H28N2S2. The second kappa shape index (κ2) is 11.2. The number of thiophene rings is 2. The minimum absolute atomic E-state index is 1.01. The average Bonchev–Trinajstić information content (AvgIpc) is 3.77. The van der Waals surface area contributed by atoms with Crippen LogP contribution >= 0.6 is 22.7 Å². The first kappa shape index (κ1) is 28.7. The number of benzene rings is 8. The highest BCUT2D eigenvalue weighted by molar-refractivity contribution is 7.27. The molecule has 51 heavy (non-hydrogen) atoms. The van der Waals surface area contributed by atoms with E-state index in [9.17, 15) is 0 Å². The van der Waals surface area contributed by atoms with Crippen LogP contribution in [0.2, 0.25) is 0 Å². The van der Waals surface area contributed by atoms with Gasteiger partial charge in [-0.25, -0.2) is 0 Å². The third-order valence-corrected chi connectivity index (χ3v) is 12.7. The summed E-state index contributed by atoms with van der Waals surface area (Å²) >= 11 is 3.77. The Bertz CT molecular complexity index is 3000. The van der Waals surface area contributed by atoms with E-state index in [-0.39, 0.29) is 0 Å². The van der Waals surface area contributed by atoms with Gasteiger partial charge in [-0.3, -0.25) is 4.98 Å². The first-order chi connectivity index (χ1) is 25.2. The third kappa shape index (κ3) is 4.58. The van der Waals surface area contributed by atoms with Gasteiger partial charge in [0.1, 0.15) is 0 Å². The normalized spacial score (nSPS) is 11.9. The highest BCUT2D eigenvalue weighted by Crippen LogP contribution is 2.44. The molecule has 0 bridgehead atoms. The van der Waals surface area contributed by atoms with Gasteiger partial charge >= 0.3 is 0 Å². The smallest absolute Gasteiger partial charge is 0.0702 e. The first-order valence-corrected chi connectivity index (χ1v) is 18.8. The molecule has 0 aliphatic heterocycles. The van der Waals surface area contributed by atoms with E-state index in [0.29, 0.717) is 0 Å². The Labute approximate surface area is 302 Å². The summed E-state index contributed by atoms with van der Waals surface area (Å²) in [6.45, 7) is 0. The lowest BCUT2D eigenvalue weighted by Crippen LogP contribution is -2.09. The predicted octanol–water partition coefficient (Wildman–Crippen LogP) is 14.4. The van der Waals surface area contributed by atoms with Crippen molar-refractivity contribution in [3.05, 3.63) is 170 Å². The van der Waals surface area contributed by atoms with Crippen LogP contribution in [-0.4, -0.2) is 4.98 Å². The molecule has 11 rings (SSSR count). The van der Waals surface area contributed by atoms with Gasteiger partial charge in [0.2, 0.25) is 0 Å². The number of anilines is 3. The quantitative estimate of drug-likeness (QED) is 0.183. The van der Waals surface area contributed by atoms with Crippen molar-refractivity contribution in [2.75, 3.05) is 4.90 Å². The van der Waals surface area contributed by atoms with Crippen LogP contribution in [0.5, 0.6) is 0 Å². The van der Waals surface area contributed by atoms with Gasteiger partial charge in [0.05, 0.1) is 5.52 Å². The van der Waals surface area contributed by atoms with Gasteiger partial charge in [0.15, 0.2) is 0 Å². The lowest BCUT2D eigenvalue weighted by atomic mass is 10.0. The summed E-state index contributed by atoms with van der Waals surface area (Å²) in [4.78, 5) is 6.91. The molecule has 0 saturated heterocycles. The molecule has 0 aliphatic carbocycles. The van der Waals surface area contributed by atoms with Crippen molar-refractivity contribution < 1.29 is 0 Å². The lowest BCUT2D eigenvalue weighted by molar-refractivity contribution is 1.29. The van der Waals surface area contributed by atoms with Crippen LogP contribution in [0.3, 0.4) is 0 Å². The van der Waals surface area contributed by atoms with Crippen LogP contribution in [0.4, 0.5) is 17.1 Å². The van der Waals surface area contributed by atoms with Crippen molar-refractivity contribution in [1.29, 1.82) is 0 Å². The van der Waals surface area contributed by atoms with Gasteiger partial charge in [-0.2, -0.15) is 0 Å². The molecule has 0 atom stereocenters. The zero-order chi connectivity index (χ0) is 33.5. The van der Waals surface area contributed by atoms with Crippen LogP contribution in [0.25, 0.3) is 83.9 Å². The number of pyridine rings is 1. The summed E-state index contributed by atoms with van der Waals surface area (Å²) in [5, 5.41) is 11.5. The van der Waals surface area contributed by atoms with Crippen LogP contribution in [0.15, 0.2) is 170 Å². The fraction of sp³-hybridized carbons (Fsp3) is 0. The van der Waals surface area contributed by atoms with Gasteiger partial charge in [0, 0.05) is 69.0 Å². The highest BCUT2D eigenvalue weighted by atomic mass is 32.1. The molecule has 0 unspecified atom stereocenters. The van der Waals surface area contributed by atoms with Crippen molar-refractivity contribution in [2.24, 2.45) is 0 Å². The van der Waals surface area contributed by atoms with E-state index in [4.69, 9.17) is 0 Å². The maximum Gasteiger partial charge on any atom is 0.0702 e. The van der Waals surface area contributed by atoms with E-state index < -0.39 is 0 Å². The van der Waals surface area contributed by atoms with E-state index >= 15 is 0 Å². The van der Waals surface area contributed by atoms with Gasteiger partial charge in [-0.15, -0.1) is 22.7 Å². The maximum absolute atomic E-state index is 4.51. The number of rotatable bonds is 4. The number of nitrogens with zero attached hydrogens (tertiary/aromatic N) is 2. The summed E-state index contributed by atoms with van der Waals surface area (Å²) in [6, 6.07) is 60.1. The molecule has 0 aliphatic rings. The third-order valence-electron chi connectivity index (χ3n) is 10.3. The molecule has 0 saturated carbocycles. The molecular weight excluding hydrogens is 657 g/mol. The van der Waals surface area contributed by atoms with Gasteiger partial charge in [-0.1, -0.05) is 97.1 Å². The van der Waals surface area contributed by atoms with Gasteiger partial charge in [-0.05, 0) is 99.4 Å². The fourth-order valence-corrected chi connectivity index (χ4v) is 10.3. The summed E-state index contributed by atoms with van der Waals surface area (Å²) in [5.74, 6) is 0. The molecule has 4 heteroatoms. The second-order valence-corrected chi connectivity index (χ2v) is 15.3. The molecule has 0 radical (unpaired) electrons. The summed E-state index contributed by atoms with van der Waals surface area (Å²) in [7, 11) is 0. The van der Waals surface area contributed by atoms with Crippen LogP contribution in [0, 0.1) is 0 Å². The topological polar surface area (TPSA) is 16.1 Å². The Balaban J connectivity index is 1.07. The van der Waals surface area contributed by atoms with E-state index in [1.807, 2.05) is 34.9 Å². The first-order valence-electron chi connectivity index (χ1n) is 17.2. The van der Waals surface area contributed by atoms with Crippen molar-refractivity contribution in [3.63, 3.8) is 0 Å². The zero-order valence-corrected chi connectivity index (χ0v) is 29.0. The lowest BCUT2D eigenvalue weighted by Gasteiger charge is -2.26. The molecule has 0 fully saturated rings. The number of hydrogen-bond donors (Lipinski definition) is 0. The Morgan fingerprint density at radius 2 is 0.922 bits per heavy atom. The van der Waals surface area contributed by atoms with Crippen molar-refractivity contribution in [2.45, 2.75) is 0 Å². The van der Waals surface area contributed by atoms with E-state index in [2.05, 4.69) is 168 Å². The maximum atomic E-state index is 4.51. The average molecular weight is 685 g/mol. The Kier molecular flexibility index (Phi) is 6.32. The van der Waals surface area contributed by atoms with Crippen molar-refractivity contribution >= 4 is 113 Å². The molecule has 8 aromatic carbocycles. The molecule has 0 amide bonds. The summed E-state index contributed by atoms with van der Waals surface area (Å²) in [6.07, 6.45) is 1.85. The largest absolute Gasteiger partial charge is 0.310 e. The number of hydrogen-bond acceptors (Lipinski definition) is 4. The van der Waals surface area contributed by atoms with Crippen LogP contribution in [-0.2, 0) is 0 Å². The molecule has 3 heterocycles. The van der Waals surface area contributed by atoms with E-state index in [1.54, 1.807) is 0 Å². The molecule has 238 valence electrons. The van der Waals surface area contributed by atoms with E-state index in [1.165, 1.54) is 73.0 Å². The Morgan fingerprint density at radius 1 is 0.373 bits per heavy atom. The number of fused-ring (bicyclic) bond motifs is 11. The molecule has 11 aromatic rings. The zero-order valence-electron chi connectivity index (χ0n) is 27.4. The molecule has 2 nitrogen and oxygen atoms in total. The second-order valence-electron chi connectivity index (χ2n) is 13.2. The van der Waals surface area contributed by atoms with Gasteiger partial charge in [0.25, 0.3) is 0 Å². The minimum Gasteiger partial charge on any atom is -0.310 e. The standard InChI is InChI=1S/C47H28N2S2/c1-3-9-44-39(7-1)41-20-13-31-27-35(18-22-37(31)46(41)50-44)49(34-16-11-29(12-17-34)30-15-24-43-33(26-30)6-5-25-48-43)36-19-23-38-32(28-36)14-21-42-40-8-2-4-10-45(40)51-47(38)42/h1-28H. The fourth-order valence-electron chi connectivity index (χ4n) is 7.78. The predicted molar refractivity (Wildman–Crippen MR) is 223 cm³/mol. The summed E-state index contributed by atoms with van der Waals surface area (Å²) in [5.41, 5.74) is 6.76. The molecule has 0 spiro atoms. The molecule has 3 aromatic heterocycles. The summed E-state index contributed by atoms with van der Waals surface area (Å²) < 4.78 is 5.36. The Morgan fingerprint density at radius 3 is 1.55 bits per heavy atom.